The number of likely N-dealkylation sites (N-methyl/N-ethyl adjacent to an activating group) is 1. The zero-order chi connectivity index (χ0) is 22.7. The first-order chi connectivity index (χ1) is 15.4. The van der Waals surface area contributed by atoms with E-state index in [0.29, 0.717) is 0 Å². The summed E-state index contributed by atoms with van der Waals surface area (Å²) in [4.78, 5) is 9.95. The molecule has 0 bridgehead atoms. The molecule has 178 valence electrons. The highest BCUT2D eigenvalue weighted by Gasteiger charge is 2.20. The number of nitrogens with zero attached hydrogens (tertiary/aromatic N) is 3. The van der Waals surface area contributed by atoms with Gasteiger partial charge < -0.3 is 9.80 Å². The molecular weight excluding hydrogens is 456 g/mol. The average Bonchev–Trinajstić information content (AvgIpc) is 2.83. The van der Waals surface area contributed by atoms with Crippen LogP contribution in [0, 0.1) is 0 Å². The van der Waals surface area contributed by atoms with Gasteiger partial charge in [-0.25, -0.2) is 18.1 Å². The van der Waals surface area contributed by atoms with E-state index in [1.807, 2.05) is 31.2 Å². The van der Waals surface area contributed by atoms with Crippen LogP contribution in [0.3, 0.4) is 0 Å². The van der Waals surface area contributed by atoms with Crippen molar-refractivity contribution in [3.63, 3.8) is 0 Å². The summed E-state index contributed by atoms with van der Waals surface area (Å²) in [5.41, 5.74) is 2.89. The van der Waals surface area contributed by atoms with E-state index in [-0.39, 0.29) is 24.2 Å². The minimum atomic E-state index is -3.25. The predicted octanol–water partition coefficient (Wildman–Crippen LogP) is 4.47. The Morgan fingerprint density at radius 2 is 1.67 bits per heavy atom. The number of anilines is 1. The number of rotatable bonds is 7. The molecule has 6 nitrogen and oxygen atoms in total. The van der Waals surface area contributed by atoms with Gasteiger partial charge in [0.2, 0.25) is 10.0 Å². The maximum absolute atomic E-state index is 11.9. The summed E-state index contributed by atoms with van der Waals surface area (Å²) in [7, 11) is -3.25. The summed E-state index contributed by atoms with van der Waals surface area (Å²) >= 11 is 0. The van der Waals surface area contributed by atoms with Gasteiger partial charge in [0.1, 0.15) is 5.82 Å². The van der Waals surface area contributed by atoms with Gasteiger partial charge in [-0.05, 0) is 37.4 Å². The van der Waals surface area contributed by atoms with E-state index in [2.05, 4.69) is 51.8 Å². The number of piperazine rings is 1. The normalized spacial score (nSPS) is 15.9. The first kappa shape index (κ1) is 25.4. The third-order valence-corrected chi connectivity index (χ3v) is 7.75. The number of hydrogen-bond donors (Lipinski definition) is 1. The Hall–Kier alpha value is -2.19. The van der Waals surface area contributed by atoms with E-state index in [1.165, 1.54) is 10.8 Å². The molecule has 1 aromatic heterocycles. The molecule has 0 spiro atoms. The molecule has 33 heavy (non-hydrogen) atoms. The number of aromatic nitrogens is 1. The molecule has 0 saturated carbocycles. The van der Waals surface area contributed by atoms with Crippen LogP contribution in [0.4, 0.5) is 5.82 Å². The van der Waals surface area contributed by atoms with Crippen molar-refractivity contribution in [2.75, 3.05) is 43.4 Å². The minimum Gasteiger partial charge on any atom is -0.354 e. The highest BCUT2D eigenvalue weighted by Crippen LogP contribution is 2.31. The Bertz CT molecular complexity index is 1180. The lowest BCUT2D eigenvalue weighted by atomic mass is 10.0. The van der Waals surface area contributed by atoms with E-state index in [4.69, 9.17) is 4.98 Å². The van der Waals surface area contributed by atoms with Gasteiger partial charge in [-0.15, -0.1) is 12.4 Å². The first-order valence-electron chi connectivity index (χ1n) is 11.4. The monoisotopic (exact) mass is 488 g/mol. The Morgan fingerprint density at radius 3 is 2.30 bits per heavy atom. The molecule has 8 heteroatoms. The largest absolute Gasteiger partial charge is 0.354 e. The maximum atomic E-state index is 11.9. The number of pyridine rings is 1. The van der Waals surface area contributed by atoms with Gasteiger partial charge in [0, 0.05) is 43.2 Å². The zero-order valence-corrected chi connectivity index (χ0v) is 21.1. The van der Waals surface area contributed by atoms with E-state index in [1.54, 1.807) is 6.92 Å². The van der Waals surface area contributed by atoms with Crippen LogP contribution < -0.4 is 9.62 Å². The van der Waals surface area contributed by atoms with Crippen molar-refractivity contribution in [2.24, 2.45) is 0 Å². The van der Waals surface area contributed by atoms with Crippen molar-refractivity contribution in [3.8, 4) is 11.3 Å². The number of benzene rings is 2. The minimum absolute atomic E-state index is 0. The summed E-state index contributed by atoms with van der Waals surface area (Å²) in [6.07, 6.45) is 0. The van der Waals surface area contributed by atoms with Crippen LogP contribution in [-0.2, 0) is 10.0 Å². The molecule has 1 fully saturated rings. The fraction of sp³-hybridized carbons (Fsp3) is 0.400. The maximum Gasteiger partial charge on any atom is 0.211 e. The number of halogens is 1. The van der Waals surface area contributed by atoms with Crippen LogP contribution in [0.25, 0.3) is 22.0 Å². The second kappa shape index (κ2) is 10.8. The molecule has 0 aliphatic carbocycles. The summed E-state index contributed by atoms with van der Waals surface area (Å²) < 4.78 is 26.5. The van der Waals surface area contributed by atoms with E-state index < -0.39 is 10.0 Å². The van der Waals surface area contributed by atoms with E-state index in [9.17, 15) is 8.42 Å². The number of nitrogens with one attached hydrogen (secondary N) is 1. The molecular formula is C25H33ClN4O2S. The van der Waals surface area contributed by atoms with Crippen LogP contribution in [0.5, 0.6) is 0 Å². The molecule has 2 aromatic carbocycles. The Balaban J connectivity index is 0.00000306. The molecule has 2 heterocycles. The summed E-state index contributed by atoms with van der Waals surface area (Å²) in [6, 6.07) is 18.3. The topological polar surface area (TPSA) is 65.5 Å². The summed E-state index contributed by atoms with van der Waals surface area (Å²) in [5, 5.41) is 2.36. The molecule has 4 rings (SSSR count). The number of fused-ring (bicyclic) bond motifs is 1. The second-order valence-corrected chi connectivity index (χ2v) is 10.4. The van der Waals surface area contributed by atoms with Gasteiger partial charge in [0.25, 0.3) is 0 Å². The molecule has 0 amide bonds. The van der Waals surface area contributed by atoms with Gasteiger partial charge in [0.15, 0.2) is 0 Å². The Labute approximate surface area is 203 Å². The third-order valence-electron chi connectivity index (χ3n) is 6.28. The number of sulfonamides is 1. The van der Waals surface area contributed by atoms with Crippen molar-refractivity contribution in [1.82, 2.24) is 14.6 Å². The van der Waals surface area contributed by atoms with Crippen molar-refractivity contribution in [1.29, 1.82) is 0 Å². The second-order valence-electron chi connectivity index (χ2n) is 8.34. The van der Waals surface area contributed by atoms with Crippen molar-refractivity contribution in [3.05, 3.63) is 60.2 Å². The lowest BCUT2D eigenvalue weighted by molar-refractivity contribution is 0.271. The molecule has 0 radical (unpaired) electrons. The van der Waals surface area contributed by atoms with Crippen molar-refractivity contribution in [2.45, 2.75) is 26.8 Å². The molecule has 1 unspecified atom stereocenters. The van der Waals surface area contributed by atoms with Gasteiger partial charge >= 0.3 is 0 Å². The predicted molar refractivity (Wildman–Crippen MR) is 140 cm³/mol. The van der Waals surface area contributed by atoms with E-state index >= 15 is 0 Å². The number of hydrogen-bond acceptors (Lipinski definition) is 5. The quantitative estimate of drug-likeness (QED) is 0.531. The Kier molecular flexibility index (Phi) is 8.34. The summed E-state index contributed by atoms with van der Waals surface area (Å²) in [5.74, 6) is 1.12. The van der Waals surface area contributed by atoms with Gasteiger partial charge in [-0.3, -0.25) is 0 Å². The molecule has 1 saturated heterocycles. The highest BCUT2D eigenvalue weighted by atomic mass is 35.5. The lowest BCUT2D eigenvalue weighted by Gasteiger charge is -2.35. The van der Waals surface area contributed by atoms with Crippen LogP contribution in [0.2, 0.25) is 0 Å². The fourth-order valence-corrected chi connectivity index (χ4v) is 5.05. The van der Waals surface area contributed by atoms with Crippen LogP contribution in [0.15, 0.2) is 54.6 Å². The Morgan fingerprint density at radius 1 is 1.00 bits per heavy atom. The lowest BCUT2D eigenvalue weighted by Crippen LogP contribution is -2.46. The van der Waals surface area contributed by atoms with Crippen LogP contribution in [-0.4, -0.2) is 56.8 Å². The third kappa shape index (κ3) is 5.84. The molecule has 1 N–H and O–H groups in total. The smallest absolute Gasteiger partial charge is 0.211 e. The molecule has 1 atom stereocenters. The first-order valence-corrected chi connectivity index (χ1v) is 13.0. The van der Waals surface area contributed by atoms with Gasteiger partial charge in [-0.2, -0.15) is 0 Å². The van der Waals surface area contributed by atoms with Crippen LogP contribution >= 0.6 is 12.4 Å². The SMILES string of the molecule is CCN1CCN(c2nc(-c3ccc(C(C)NS(=O)(=O)CC)cc3)cc3ccccc23)CC1.Cl. The van der Waals surface area contributed by atoms with Crippen LogP contribution in [0.1, 0.15) is 32.4 Å². The zero-order valence-electron chi connectivity index (χ0n) is 19.5. The molecule has 1 aliphatic heterocycles. The van der Waals surface area contributed by atoms with E-state index in [0.717, 1.165) is 55.4 Å². The molecule has 1 aliphatic rings. The molecule has 3 aromatic rings. The van der Waals surface area contributed by atoms with Gasteiger partial charge in [-0.1, -0.05) is 55.5 Å². The van der Waals surface area contributed by atoms with Crippen molar-refractivity contribution >= 4 is 39.0 Å². The fourth-order valence-electron chi connectivity index (χ4n) is 4.21. The van der Waals surface area contributed by atoms with Crippen molar-refractivity contribution < 1.29 is 8.42 Å². The summed E-state index contributed by atoms with van der Waals surface area (Å²) in [6.45, 7) is 10.9. The standard InChI is InChI=1S/C25H32N4O2S.ClH/c1-4-28-14-16-29(17-15-28)25-23-9-7-6-8-22(23)18-24(26-25)21-12-10-20(11-13-21)19(3)27-32(30,31)5-2;/h6-13,18-19,27H,4-5,14-17H2,1-3H3;1H. The average molecular weight is 489 g/mol. The highest BCUT2D eigenvalue weighted by molar-refractivity contribution is 7.89. The van der Waals surface area contributed by atoms with Gasteiger partial charge in [0.05, 0.1) is 11.4 Å².